The normalized spacial score (nSPS) is 12.3. The molecule has 5 rings (SSSR count). The van der Waals surface area contributed by atoms with Gasteiger partial charge in [-0.15, -0.1) is 20.5 Å². The third-order valence-corrected chi connectivity index (χ3v) is 8.46. The molecule has 274 valence electrons. The van der Waals surface area contributed by atoms with E-state index in [0.717, 1.165) is 19.3 Å². The Hall–Kier alpha value is -6.34. The molecule has 1 unspecified atom stereocenters. The summed E-state index contributed by atoms with van der Waals surface area (Å²) in [6.45, 7) is 9.43. The van der Waals surface area contributed by atoms with Crippen molar-refractivity contribution in [2.24, 2.45) is 34.6 Å². The highest BCUT2D eigenvalue weighted by Crippen LogP contribution is 2.38. The molecule has 0 saturated heterocycles. The van der Waals surface area contributed by atoms with Crippen LogP contribution in [0.3, 0.4) is 0 Å². The Bertz CT molecular complexity index is 2190. The number of ether oxygens (including phenoxy) is 2. The van der Waals surface area contributed by atoms with Crippen molar-refractivity contribution in [3.8, 4) is 11.6 Å². The van der Waals surface area contributed by atoms with Crippen molar-refractivity contribution >= 4 is 46.6 Å². The number of aryl methyl sites for hydroxylation is 5. The summed E-state index contributed by atoms with van der Waals surface area (Å²) >= 11 is 0. The van der Waals surface area contributed by atoms with E-state index in [4.69, 9.17) is 31.1 Å². The summed E-state index contributed by atoms with van der Waals surface area (Å²) in [5.41, 5.74) is 16.4. The van der Waals surface area contributed by atoms with Gasteiger partial charge in [0.25, 0.3) is 0 Å². The zero-order chi connectivity index (χ0) is 37.9. The molecule has 0 fully saturated rings. The smallest absolute Gasteiger partial charge is 0.343 e. The van der Waals surface area contributed by atoms with E-state index in [-0.39, 0.29) is 40.3 Å². The molecule has 0 saturated carbocycles. The second-order valence-electron chi connectivity index (χ2n) is 12.0. The number of carbonyl (C=O) groups is 2. The lowest BCUT2D eigenvalue weighted by Crippen LogP contribution is -2.09. The fourth-order valence-electron chi connectivity index (χ4n) is 5.48. The summed E-state index contributed by atoms with van der Waals surface area (Å²) in [7, 11) is 5.88. The van der Waals surface area contributed by atoms with Crippen LogP contribution in [0.2, 0.25) is 0 Å². The van der Waals surface area contributed by atoms with Crippen LogP contribution in [-0.4, -0.2) is 75.2 Å². The van der Waals surface area contributed by atoms with Gasteiger partial charge in [-0.1, -0.05) is 27.2 Å². The molecule has 0 amide bonds. The molecule has 52 heavy (non-hydrogen) atoms. The minimum atomic E-state index is -0.586. The van der Waals surface area contributed by atoms with Crippen LogP contribution >= 0.6 is 0 Å². The maximum Gasteiger partial charge on any atom is 0.343 e. The number of hydrogen-bond donors (Lipinski definition) is 2. The molecule has 5 heterocycles. The highest BCUT2D eigenvalue weighted by atomic mass is 16.5. The molecule has 0 spiro atoms. The van der Waals surface area contributed by atoms with Crippen LogP contribution in [0.5, 0.6) is 0 Å². The Kier molecular flexibility index (Phi) is 10.8. The quantitative estimate of drug-likeness (QED) is 0.116. The van der Waals surface area contributed by atoms with E-state index >= 15 is 0 Å². The maximum absolute atomic E-state index is 12.5. The summed E-state index contributed by atoms with van der Waals surface area (Å²) < 4.78 is 15.6. The number of azo groups is 2. The first-order valence-corrected chi connectivity index (χ1v) is 16.5. The average Bonchev–Trinajstić information content (AvgIpc) is 3.82. The van der Waals surface area contributed by atoms with Crippen molar-refractivity contribution in [2.45, 2.75) is 66.2 Å². The lowest BCUT2D eigenvalue weighted by atomic mass is 10.0. The summed E-state index contributed by atoms with van der Waals surface area (Å²) in [5, 5.41) is 35.8. The monoisotopic (exact) mass is 714 g/mol. The molecule has 5 aromatic rings. The van der Waals surface area contributed by atoms with E-state index in [0.29, 0.717) is 52.2 Å². The van der Waals surface area contributed by atoms with Gasteiger partial charge in [-0.3, -0.25) is 0 Å². The van der Waals surface area contributed by atoms with Crippen molar-refractivity contribution in [3.05, 3.63) is 46.3 Å². The SMILES string of the molecule is CCCCc1nn(-c2cc(-n3nc(C(C)CC)c(N=Nc4c(C(=O)OC)c(C)nn4C)c3N)ncn2)c(N)c1N=Nc1c(C(=O)OC)c(C)nn1C. The van der Waals surface area contributed by atoms with Crippen molar-refractivity contribution in [3.63, 3.8) is 0 Å². The molecule has 0 bridgehead atoms. The van der Waals surface area contributed by atoms with E-state index in [9.17, 15) is 9.59 Å². The summed E-state index contributed by atoms with van der Waals surface area (Å²) in [6.07, 6.45) is 4.33. The number of esters is 2. The Morgan fingerprint density at radius 2 is 1.29 bits per heavy atom. The second kappa shape index (κ2) is 15.3. The van der Waals surface area contributed by atoms with E-state index in [2.05, 4.69) is 47.5 Å². The van der Waals surface area contributed by atoms with E-state index in [1.54, 1.807) is 34.0 Å². The van der Waals surface area contributed by atoms with Gasteiger partial charge in [0.05, 0.1) is 37.0 Å². The molecular formula is C32H42N16O4. The van der Waals surface area contributed by atoms with Gasteiger partial charge in [0.1, 0.15) is 17.5 Å². The standard InChI is InChI=1S/C32H42N16O4/c1-10-12-13-19-25(37-39-29-22(31(49)51-8)17(4)41-45(29)6)27(33)47(43-19)20-14-21(36-15-35-20)48-28(34)26(24(44-48)16(3)11-2)38-40-30-23(32(50)52-9)18(5)42-46(30)7/h14-16H,10-13,33-34H2,1-9H3. The molecule has 20 nitrogen and oxygen atoms in total. The van der Waals surface area contributed by atoms with Crippen molar-refractivity contribution in [1.82, 2.24) is 49.1 Å². The molecule has 1 atom stereocenters. The molecule has 5 aromatic heterocycles. The Morgan fingerprint density at radius 3 is 1.79 bits per heavy atom. The lowest BCUT2D eigenvalue weighted by Gasteiger charge is -2.07. The molecule has 20 heteroatoms. The van der Waals surface area contributed by atoms with Crippen LogP contribution in [0, 0.1) is 13.8 Å². The van der Waals surface area contributed by atoms with Crippen LogP contribution in [0.1, 0.15) is 89.4 Å². The van der Waals surface area contributed by atoms with Gasteiger partial charge in [-0.2, -0.15) is 29.8 Å². The van der Waals surface area contributed by atoms with Gasteiger partial charge in [0, 0.05) is 26.1 Å². The van der Waals surface area contributed by atoms with E-state index < -0.39 is 11.9 Å². The molecule has 0 aliphatic heterocycles. The van der Waals surface area contributed by atoms with Crippen molar-refractivity contribution in [2.75, 3.05) is 25.7 Å². The number of methoxy groups -OCH3 is 2. The fourth-order valence-corrected chi connectivity index (χ4v) is 5.48. The van der Waals surface area contributed by atoms with Crippen molar-refractivity contribution < 1.29 is 19.1 Å². The minimum Gasteiger partial charge on any atom is -0.465 e. The van der Waals surface area contributed by atoms with Gasteiger partial charge in [0.15, 0.2) is 46.3 Å². The highest BCUT2D eigenvalue weighted by Gasteiger charge is 2.26. The molecular weight excluding hydrogens is 672 g/mol. The van der Waals surface area contributed by atoms with Crippen LogP contribution < -0.4 is 11.5 Å². The van der Waals surface area contributed by atoms with Crippen molar-refractivity contribution in [1.29, 1.82) is 0 Å². The second-order valence-corrected chi connectivity index (χ2v) is 12.0. The number of aromatic nitrogens is 10. The maximum atomic E-state index is 12.5. The number of nitrogen functional groups attached to an aromatic ring is 2. The third kappa shape index (κ3) is 6.86. The highest BCUT2D eigenvalue weighted by molar-refractivity contribution is 5.95. The Morgan fingerprint density at radius 1 is 0.788 bits per heavy atom. The van der Waals surface area contributed by atoms with Crippen LogP contribution in [0.4, 0.5) is 34.6 Å². The molecule has 0 aromatic carbocycles. The first-order chi connectivity index (χ1) is 24.9. The van der Waals surface area contributed by atoms with Gasteiger partial charge >= 0.3 is 11.9 Å². The molecule has 0 radical (unpaired) electrons. The average molecular weight is 715 g/mol. The third-order valence-electron chi connectivity index (χ3n) is 8.46. The van der Waals surface area contributed by atoms with Gasteiger partial charge in [-0.05, 0) is 33.1 Å². The van der Waals surface area contributed by atoms with Gasteiger partial charge in [0.2, 0.25) is 0 Å². The largest absolute Gasteiger partial charge is 0.465 e. The molecule has 0 aliphatic carbocycles. The lowest BCUT2D eigenvalue weighted by molar-refractivity contribution is 0.0591. The topological polar surface area (TPSA) is 251 Å². The number of nitrogens with two attached hydrogens (primary N) is 2. The Labute approximate surface area is 298 Å². The number of carbonyl (C=O) groups excluding carboxylic acids is 2. The predicted molar refractivity (Wildman–Crippen MR) is 189 cm³/mol. The zero-order valence-corrected chi connectivity index (χ0v) is 30.6. The minimum absolute atomic E-state index is 0.0640. The van der Waals surface area contributed by atoms with Crippen LogP contribution in [-0.2, 0) is 30.0 Å². The number of unbranched alkanes of at least 4 members (excludes halogenated alkanes) is 1. The summed E-state index contributed by atoms with van der Waals surface area (Å²) in [6, 6.07) is 1.62. The van der Waals surface area contributed by atoms with E-state index in [1.807, 2.05) is 13.8 Å². The Balaban J connectivity index is 1.58. The summed E-state index contributed by atoms with van der Waals surface area (Å²) in [4.78, 5) is 33.8. The van der Waals surface area contributed by atoms with Crippen LogP contribution in [0.15, 0.2) is 32.9 Å². The first-order valence-electron chi connectivity index (χ1n) is 16.5. The van der Waals surface area contributed by atoms with E-state index in [1.165, 1.54) is 39.3 Å². The fraction of sp³-hybridized carbons (Fsp3) is 0.438. The molecule has 0 aliphatic rings. The number of rotatable bonds is 13. The number of hydrogen-bond acceptors (Lipinski definition) is 16. The van der Waals surface area contributed by atoms with Gasteiger partial charge in [-0.25, -0.2) is 28.9 Å². The van der Waals surface area contributed by atoms with Crippen LogP contribution in [0.25, 0.3) is 11.6 Å². The summed E-state index contributed by atoms with van der Waals surface area (Å²) in [5.74, 6) is 0.114. The van der Waals surface area contributed by atoms with Gasteiger partial charge < -0.3 is 20.9 Å². The predicted octanol–water partition coefficient (Wildman–Crippen LogP) is 5.36. The molecule has 4 N–H and O–H groups in total. The first kappa shape index (κ1) is 36.9. The zero-order valence-electron chi connectivity index (χ0n) is 30.6. The number of nitrogens with zero attached hydrogens (tertiary/aromatic N) is 14. The number of anilines is 2.